The number of likely N-dealkylation sites (N-methyl/N-ethyl adjacent to an activating group) is 1. The van der Waals surface area contributed by atoms with Gasteiger partial charge in [0.25, 0.3) is 0 Å². The van der Waals surface area contributed by atoms with Crippen LogP contribution in [0.1, 0.15) is 52.4 Å². The third-order valence-corrected chi connectivity index (χ3v) is 5.92. The molecule has 3 N–H and O–H groups in total. The molecule has 0 saturated heterocycles. The summed E-state index contributed by atoms with van der Waals surface area (Å²) in [5, 5.41) is 0. The van der Waals surface area contributed by atoms with Gasteiger partial charge in [-0.05, 0) is 70.1 Å². The Balaban J connectivity index is 1.83. The summed E-state index contributed by atoms with van der Waals surface area (Å²) >= 11 is 0. The predicted octanol–water partition coefficient (Wildman–Crippen LogP) is 1.66. The lowest BCUT2D eigenvalue weighted by molar-refractivity contribution is -0.153. The molecule has 0 spiro atoms. The maximum Gasteiger partial charge on any atom is 0.243 e. The van der Waals surface area contributed by atoms with E-state index in [1.165, 1.54) is 38.5 Å². The standard InChI is InChI=1S/C15H27N3O/c1-14(2,17-16)13(19)18(3)15-7-10-4-11(8-15)6-12(5-10)9-15/h10-12,17H,4-9,16H2,1-3H3. The second kappa shape index (κ2) is 4.19. The van der Waals surface area contributed by atoms with Gasteiger partial charge in [-0.1, -0.05) is 0 Å². The Kier molecular flexibility index (Phi) is 2.95. The van der Waals surface area contributed by atoms with Crippen molar-refractivity contribution in [3.8, 4) is 0 Å². The van der Waals surface area contributed by atoms with E-state index >= 15 is 0 Å². The molecule has 4 heteroatoms. The van der Waals surface area contributed by atoms with Gasteiger partial charge in [-0.2, -0.15) is 0 Å². The topological polar surface area (TPSA) is 58.4 Å². The average Bonchev–Trinajstić information content (AvgIpc) is 2.35. The SMILES string of the molecule is CN(C(=O)C(C)(C)NN)C12CC3CC(CC(C3)C1)C2. The molecule has 0 aromatic rings. The normalized spacial score (nSPS) is 40.5. The van der Waals surface area contributed by atoms with E-state index < -0.39 is 5.54 Å². The molecule has 0 heterocycles. The molecular weight excluding hydrogens is 238 g/mol. The summed E-state index contributed by atoms with van der Waals surface area (Å²) in [6, 6.07) is 0. The van der Waals surface area contributed by atoms with Crippen LogP contribution in [0, 0.1) is 17.8 Å². The van der Waals surface area contributed by atoms with Gasteiger partial charge < -0.3 is 4.90 Å². The Morgan fingerprint density at radius 1 is 1.16 bits per heavy atom. The Morgan fingerprint density at radius 3 is 1.95 bits per heavy atom. The van der Waals surface area contributed by atoms with Crippen molar-refractivity contribution in [1.29, 1.82) is 0 Å². The largest absolute Gasteiger partial charge is 0.338 e. The first-order valence-corrected chi connectivity index (χ1v) is 7.62. The molecule has 0 aromatic carbocycles. The van der Waals surface area contributed by atoms with Crippen LogP contribution in [0.15, 0.2) is 0 Å². The quantitative estimate of drug-likeness (QED) is 0.602. The first-order chi connectivity index (χ1) is 8.86. The molecule has 0 aromatic heterocycles. The van der Waals surface area contributed by atoms with Crippen molar-refractivity contribution in [3.63, 3.8) is 0 Å². The van der Waals surface area contributed by atoms with Crippen LogP contribution < -0.4 is 11.3 Å². The molecule has 0 unspecified atom stereocenters. The number of amides is 1. The van der Waals surface area contributed by atoms with E-state index in [-0.39, 0.29) is 11.4 Å². The number of nitrogens with zero attached hydrogens (tertiary/aromatic N) is 1. The molecule has 4 bridgehead atoms. The molecule has 4 saturated carbocycles. The van der Waals surface area contributed by atoms with Gasteiger partial charge in [-0.25, -0.2) is 5.43 Å². The zero-order chi connectivity index (χ0) is 13.8. The smallest absolute Gasteiger partial charge is 0.243 e. The number of hydrazine groups is 1. The monoisotopic (exact) mass is 265 g/mol. The minimum Gasteiger partial charge on any atom is -0.338 e. The Morgan fingerprint density at radius 2 is 1.58 bits per heavy atom. The van der Waals surface area contributed by atoms with Crippen molar-refractivity contribution in [2.75, 3.05) is 7.05 Å². The van der Waals surface area contributed by atoms with Crippen molar-refractivity contribution in [2.45, 2.75) is 63.5 Å². The zero-order valence-electron chi connectivity index (χ0n) is 12.4. The fraction of sp³-hybridized carbons (Fsp3) is 0.933. The van der Waals surface area contributed by atoms with Crippen molar-refractivity contribution in [1.82, 2.24) is 10.3 Å². The van der Waals surface area contributed by atoms with Crippen molar-refractivity contribution < 1.29 is 4.79 Å². The van der Waals surface area contributed by atoms with Crippen LogP contribution >= 0.6 is 0 Å². The highest BCUT2D eigenvalue weighted by Gasteiger charge is 2.54. The molecule has 19 heavy (non-hydrogen) atoms. The lowest BCUT2D eigenvalue weighted by Gasteiger charge is -2.60. The first-order valence-electron chi connectivity index (χ1n) is 7.62. The molecule has 108 valence electrons. The van der Waals surface area contributed by atoms with Crippen LogP contribution in [-0.2, 0) is 4.79 Å². The van der Waals surface area contributed by atoms with Crippen LogP contribution in [0.3, 0.4) is 0 Å². The summed E-state index contributed by atoms with van der Waals surface area (Å²) in [6.07, 6.45) is 7.84. The lowest BCUT2D eigenvalue weighted by Crippen LogP contribution is -2.65. The van der Waals surface area contributed by atoms with E-state index in [0.29, 0.717) is 0 Å². The molecule has 4 rings (SSSR count). The van der Waals surface area contributed by atoms with E-state index in [9.17, 15) is 4.79 Å². The molecule has 0 aliphatic heterocycles. The second-order valence-corrected chi connectivity index (χ2v) is 7.78. The highest BCUT2D eigenvalue weighted by Crippen LogP contribution is 2.57. The first kappa shape index (κ1) is 13.4. The van der Waals surface area contributed by atoms with Crippen LogP contribution in [0.2, 0.25) is 0 Å². The summed E-state index contributed by atoms with van der Waals surface area (Å²) in [4.78, 5) is 14.7. The molecule has 4 nitrogen and oxygen atoms in total. The van der Waals surface area contributed by atoms with Gasteiger partial charge in [0.05, 0.1) is 0 Å². The van der Waals surface area contributed by atoms with Gasteiger partial charge in [0.1, 0.15) is 5.54 Å². The number of nitrogens with two attached hydrogens (primary N) is 1. The second-order valence-electron chi connectivity index (χ2n) is 7.78. The minimum absolute atomic E-state index is 0.125. The van der Waals surface area contributed by atoms with E-state index in [0.717, 1.165) is 17.8 Å². The number of hydrogen-bond acceptors (Lipinski definition) is 3. The minimum atomic E-state index is -0.669. The third-order valence-electron chi connectivity index (χ3n) is 5.92. The van der Waals surface area contributed by atoms with Gasteiger partial charge in [0, 0.05) is 12.6 Å². The average molecular weight is 265 g/mol. The van der Waals surface area contributed by atoms with Crippen LogP contribution in [0.4, 0.5) is 0 Å². The Hall–Kier alpha value is -0.610. The molecule has 4 fully saturated rings. The zero-order valence-corrected chi connectivity index (χ0v) is 12.4. The van der Waals surface area contributed by atoms with Crippen LogP contribution in [0.5, 0.6) is 0 Å². The molecule has 0 atom stereocenters. The van der Waals surface area contributed by atoms with E-state index in [4.69, 9.17) is 5.84 Å². The molecular formula is C15H27N3O. The van der Waals surface area contributed by atoms with Gasteiger partial charge >= 0.3 is 0 Å². The molecule has 0 radical (unpaired) electrons. The van der Waals surface area contributed by atoms with E-state index in [1.54, 1.807) is 0 Å². The number of rotatable bonds is 3. The lowest BCUT2D eigenvalue weighted by atomic mass is 9.52. The van der Waals surface area contributed by atoms with Crippen molar-refractivity contribution in [3.05, 3.63) is 0 Å². The maximum atomic E-state index is 12.7. The summed E-state index contributed by atoms with van der Waals surface area (Å²) in [5.74, 6) is 8.25. The summed E-state index contributed by atoms with van der Waals surface area (Å²) in [7, 11) is 1.99. The van der Waals surface area contributed by atoms with Gasteiger partial charge in [0.2, 0.25) is 5.91 Å². The summed E-state index contributed by atoms with van der Waals surface area (Å²) < 4.78 is 0. The fourth-order valence-corrected chi connectivity index (χ4v) is 5.17. The van der Waals surface area contributed by atoms with Crippen LogP contribution in [-0.4, -0.2) is 28.9 Å². The number of nitrogens with one attached hydrogen (secondary N) is 1. The Labute approximate surface area is 116 Å². The van der Waals surface area contributed by atoms with Crippen molar-refractivity contribution >= 4 is 5.91 Å². The van der Waals surface area contributed by atoms with E-state index in [2.05, 4.69) is 5.43 Å². The number of carbonyl (C=O) groups is 1. The maximum absolute atomic E-state index is 12.7. The highest BCUT2D eigenvalue weighted by molar-refractivity contribution is 5.86. The molecule has 4 aliphatic rings. The van der Waals surface area contributed by atoms with Gasteiger partial charge in [-0.15, -0.1) is 0 Å². The third kappa shape index (κ3) is 2.00. The van der Waals surface area contributed by atoms with Crippen LogP contribution in [0.25, 0.3) is 0 Å². The van der Waals surface area contributed by atoms with Gasteiger partial charge in [0.15, 0.2) is 0 Å². The van der Waals surface area contributed by atoms with Gasteiger partial charge in [-0.3, -0.25) is 10.6 Å². The highest BCUT2D eigenvalue weighted by atomic mass is 16.2. The van der Waals surface area contributed by atoms with Crippen molar-refractivity contribution in [2.24, 2.45) is 23.6 Å². The Bertz CT molecular complexity index is 356. The number of hydrogen-bond donors (Lipinski definition) is 2. The van der Waals surface area contributed by atoms with E-state index in [1.807, 2.05) is 25.8 Å². The predicted molar refractivity (Wildman–Crippen MR) is 75.1 cm³/mol. The molecule has 1 amide bonds. The molecule has 4 aliphatic carbocycles. The summed E-state index contributed by atoms with van der Waals surface area (Å²) in [5.41, 5.74) is 2.12. The fourth-order valence-electron chi connectivity index (χ4n) is 5.17. The summed E-state index contributed by atoms with van der Waals surface area (Å²) in [6.45, 7) is 3.73. The number of carbonyl (C=O) groups excluding carboxylic acids is 1.